The van der Waals surface area contributed by atoms with Crippen LogP contribution in [0.25, 0.3) is 0 Å². The Hall–Kier alpha value is -0.150. The molecule has 0 spiro atoms. The zero-order chi connectivity index (χ0) is 10.8. The lowest BCUT2D eigenvalue weighted by atomic mass is 10.1. The molecule has 2 unspecified atom stereocenters. The van der Waals surface area contributed by atoms with E-state index < -0.39 is 0 Å². The van der Waals surface area contributed by atoms with E-state index in [-0.39, 0.29) is 0 Å². The van der Waals surface area contributed by atoms with Gasteiger partial charge in [0.2, 0.25) is 0 Å². The first-order valence-electron chi connectivity index (χ1n) is 5.31. The molecule has 0 saturated carbocycles. The molecule has 15 heavy (non-hydrogen) atoms. The molecule has 2 rings (SSSR count). The van der Waals surface area contributed by atoms with Gasteiger partial charge in [-0.25, -0.2) is 0 Å². The molecule has 0 bridgehead atoms. The SMILES string of the molecule is Cc1ccc(NC2CCSC2C)c(Br)c1. The second kappa shape index (κ2) is 4.79. The predicted molar refractivity (Wildman–Crippen MR) is 72.8 cm³/mol. The lowest BCUT2D eigenvalue weighted by Crippen LogP contribution is -2.24. The van der Waals surface area contributed by atoms with Gasteiger partial charge in [-0.3, -0.25) is 0 Å². The fraction of sp³-hybridized carbons (Fsp3) is 0.500. The summed E-state index contributed by atoms with van der Waals surface area (Å²) in [4.78, 5) is 0. The van der Waals surface area contributed by atoms with E-state index >= 15 is 0 Å². The van der Waals surface area contributed by atoms with Gasteiger partial charge in [-0.05, 0) is 52.7 Å². The highest BCUT2D eigenvalue weighted by atomic mass is 79.9. The minimum Gasteiger partial charge on any atom is -0.380 e. The Morgan fingerprint density at radius 1 is 1.47 bits per heavy atom. The number of hydrogen-bond acceptors (Lipinski definition) is 2. The maximum atomic E-state index is 3.62. The molecule has 1 fully saturated rings. The Kier molecular flexibility index (Phi) is 3.62. The van der Waals surface area contributed by atoms with Gasteiger partial charge in [-0.2, -0.15) is 11.8 Å². The third kappa shape index (κ3) is 2.70. The van der Waals surface area contributed by atoms with Crippen molar-refractivity contribution in [3.63, 3.8) is 0 Å². The van der Waals surface area contributed by atoms with Crippen molar-refractivity contribution in [2.45, 2.75) is 31.6 Å². The molecule has 1 N–H and O–H groups in total. The van der Waals surface area contributed by atoms with Crippen molar-refractivity contribution in [2.24, 2.45) is 0 Å². The molecule has 0 aromatic heterocycles. The number of hydrogen-bond donors (Lipinski definition) is 1. The van der Waals surface area contributed by atoms with Crippen molar-refractivity contribution in [1.29, 1.82) is 0 Å². The summed E-state index contributed by atoms with van der Waals surface area (Å²) < 4.78 is 1.17. The molecular formula is C12H16BrNS. The van der Waals surface area contributed by atoms with Crippen molar-refractivity contribution in [3.8, 4) is 0 Å². The molecule has 82 valence electrons. The Morgan fingerprint density at radius 2 is 2.27 bits per heavy atom. The van der Waals surface area contributed by atoms with Gasteiger partial charge in [-0.15, -0.1) is 0 Å². The summed E-state index contributed by atoms with van der Waals surface area (Å²) in [5.74, 6) is 1.28. The quantitative estimate of drug-likeness (QED) is 0.879. The largest absolute Gasteiger partial charge is 0.380 e. The Morgan fingerprint density at radius 3 is 2.87 bits per heavy atom. The molecule has 0 aliphatic carbocycles. The van der Waals surface area contributed by atoms with Crippen LogP contribution >= 0.6 is 27.7 Å². The van der Waals surface area contributed by atoms with Gasteiger partial charge >= 0.3 is 0 Å². The van der Waals surface area contributed by atoms with Crippen LogP contribution in [0, 0.1) is 6.92 Å². The lowest BCUT2D eigenvalue weighted by Gasteiger charge is -2.19. The number of aryl methyl sites for hydroxylation is 1. The summed E-state index contributed by atoms with van der Waals surface area (Å²) in [6, 6.07) is 7.10. The fourth-order valence-electron chi connectivity index (χ4n) is 1.86. The maximum absolute atomic E-state index is 3.62. The second-order valence-electron chi connectivity index (χ2n) is 4.10. The van der Waals surface area contributed by atoms with Crippen molar-refractivity contribution >= 4 is 33.4 Å². The molecule has 3 heteroatoms. The Balaban J connectivity index is 2.10. The summed E-state index contributed by atoms with van der Waals surface area (Å²) in [5.41, 5.74) is 2.52. The van der Waals surface area contributed by atoms with Crippen LogP contribution in [0.1, 0.15) is 18.9 Å². The van der Waals surface area contributed by atoms with E-state index in [4.69, 9.17) is 0 Å². The van der Waals surface area contributed by atoms with Gasteiger partial charge < -0.3 is 5.32 Å². The lowest BCUT2D eigenvalue weighted by molar-refractivity contribution is 0.724. The van der Waals surface area contributed by atoms with Gasteiger partial charge in [0.05, 0.1) is 0 Å². The Labute approximate surface area is 104 Å². The molecule has 2 atom stereocenters. The zero-order valence-electron chi connectivity index (χ0n) is 9.09. The van der Waals surface area contributed by atoms with Crippen LogP contribution in [0.4, 0.5) is 5.69 Å². The van der Waals surface area contributed by atoms with Crippen LogP contribution in [-0.4, -0.2) is 17.0 Å². The summed E-state index contributed by atoms with van der Waals surface area (Å²) in [7, 11) is 0. The second-order valence-corrected chi connectivity index (χ2v) is 6.44. The highest BCUT2D eigenvalue weighted by Crippen LogP contribution is 2.31. The standard InChI is InChI=1S/C12H16BrNS/c1-8-3-4-12(10(13)7-8)14-11-5-6-15-9(11)2/h3-4,7,9,11,14H,5-6H2,1-2H3. The van der Waals surface area contributed by atoms with E-state index in [1.807, 2.05) is 0 Å². The van der Waals surface area contributed by atoms with E-state index in [0.29, 0.717) is 6.04 Å². The first-order chi connectivity index (χ1) is 7.16. The average Bonchev–Trinajstić information content (AvgIpc) is 2.57. The van der Waals surface area contributed by atoms with Crippen LogP contribution in [-0.2, 0) is 0 Å². The summed E-state index contributed by atoms with van der Waals surface area (Å²) in [6.07, 6.45) is 1.27. The number of nitrogens with one attached hydrogen (secondary N) is 1. The van der Waals surface area contributed by atoms with E-state index in [0.717, 1.165) is 5.25 Å². The van der Waals surface area contributed by atoms with Gasteiger partial charge in [0.25, 0.3) is 0 Å². The molecule has 1 aliphatic rings. The minimum atomic E-state index is 0.619. The normalized spacial score (nSPS) is 25.5. The first kappa shape index (κ1) is 11.3. The molecule has 1 aromatic carbocycles. The first-order valence-corrected chi connectivity index (χ1v) is 7.15. The Bertz CT molecular complexity index is 353. The number of thioether (sulfide) groups is 1. The molecule has 0 radical (unpaired) electrons. The highest BCUT2D eigenvalue weighted by molar-refractivity contribution is 9.10. The molecule has 1 heterocycles. The van der Waals surface area contributed by atoms with Crippen LogP contribution in [0.5, 0.6) is 0 Å². The number of rotatable bonds is 2. The van der Waals surface area contributed by atoms with E-state index in [2.05, 4.69) is 65.1 Å². The van der Waals surface area contributed by atoms with Gasteiger partial charge in [0.15, 0.2) is 0 Å². The smallest absolute Gasteiger partial charge is 0.0487 e. The monoisotopic (exact) mass is 285 g/mol. The molecule has 0 amide bonds. The molecular weight excluding hydrogens is 270 g/mol. The predicted octanol–water partition coefficient (Wildman–Crippen LogP) is 4.06. The van der Waals surface area contributed by atoms with Crippen molar-refractivity contribution in [3.05, 3.63) is 28.2 Å². The van der Waals surface area contributed by atoms with Crippen LogP contribution in [0.2, 0.25) is 0 Å². The minimum absolute atomic E-state index is 0.619. The zero-order valence-corrected chi connectivity index (χ0v) is 11.5. The van der Waals surface area contributed by atoms with Gasteiger partial charge in [0, 0.05) is 21.5 Å². The molecule has 1 aliphatic heterocycles. The van der Waals surface area contributed by atoms with Gasteiger partial charge in [0.1, 0.15) is 0 Å². The van der Waals surface area contributed by atoms with Gasteiger partial charge in [-0.1, -0.05) is 13.0 Å². The molecule has 1 aromatic rings. The third-order valence-electron chi connectivity index (χ3n) is 2.84. The van der Waals surface area contributed by atoms with E-state index in [9.17, 15) is 0 Å². The summed E-state index contributed by atoms with van der Waals surface area (Å²) in [5, 5.41) is 4.34. The topological polar surface area (TPSA) is 12.0 Å². The van der Waals surface area contributed by atoms with E-state index in [1.54, 1.807) is 0 Å². The average molecular weight is 286 g/mol. The van der Waals surface area contributed by atoms with Crippen molar-refractivity contribution in [1.82, 2.24) is 0 Å². The third-order valence-corrected chi connectivity index (χ3v) is 4.82. The maximum Gasteiger partial charge on any atom is 0.0487 e. The fourth-order valence-corrected chi connectivity index (χ4v) is 3.66. The highest BCUT2D eigenvalue weighted by Gasteiger charge is 2.23. The van der Waals surface area contributed by atoms with E-state index in [1.165, 1.54) is 27.9 Å². The van der Waals surface area contributed by atoms with Crippen LogP contribution in [0.3, 0.4) is 0 Å². The van der Waals surface area contributed by atoms with Crippen molar-refractivity contribution in [2.75, 3.05) is 11.1 Å². The number of anilines is 1. The number of halogens is 1. The summed E-state index contributed by atoms with van der Waals surface area (Å²) in [6.45, 7) is 4.42. The number of benzene rings is 1. The summed E-state index contributed by atoms with van der Waals surface area (Å²) >= 11 is 5.66. The van der Waals surface area contributed by atoms with Crippen LogP contribution < -0.4 is 5.32 Å². The molecule has 1 saturated heterocycles. The molecule has 1 nitrogen and oxygen atoms in total. The van der Waals surface area contributed by atoms with Crippen LogP contribution in [0.15, 0.2) is 22.7 Å². The van der Waals surface area contributed by atoms with Crippen molar-refractivity contribution < 1.29 is 0 Å².